The Balaban J connectivity index is 1.42. The molecule has 2 atom stereocenters. The topological polar surface area (TPSA) is 71.3 Å². The molecule has 1 N–H and O–H groups in total. The zero-order chi connectivity index (χ0) is 25.6. The predicted octanol–water partition coefficient (Wildman–Crippen LogP) is 7.60. The van der Waals surface area contributed by atoms with Gasteiger partial charge in [-0.15, -0.1) is 0 Å². The third-order valence-electron chi connectivity index (χ3n) is 8.19. The number of hydrogen-bond donors (Lipinski definition) is 1. The summed E-state index contributed by atoms with van der Waals surface area (Å²) in [4.78, 5) is 13.1. The Morgan fingerprint density at radius 3 is 2.31 bits per heavy atom. The number of nitrogens with one attached hydrogen (secondary N) is 1. The number of hydrogen-bond acceptors (Lipinski definition) is 5. The molecule has 0 aromatic heterocycles. The number of benzene rings is 2. The fourth-order valence-electron chi connectivity index (χ4n) is 5.58. The van der Waals surface area contributed by atoms with Gasteiger partial charge in [0.05, 0.1) is 36.0 Å². The molecule has 3 aliphatic carbocycles. The number of nitrogens with zero attached hydrogens (tertiary/aromatic N) is 1. The molecule has 0 radical (unpaired) electrons. The molecule has 2 aromatic carbocycles. The summed E-state index contributed by atoms with van der Waals surface area (Å²) in [6.07, 6.45) is 8.19. The maximum Gasteiger partial charge on any atom is 0.280 e. The summed E-state index contributed by atoms with van der Waals surface area (Å²) in [5.41, 5.74) is 1.65. The summed E-state index contributed by atoms with van der Waals surface area (Å²) in [5.74, 6) is 1.82. The van der Waals surface area contributed by atoms with Gasteiger partial charge in [-0.1, -0.05) is 54.2 Å². The second kappa shape index (κ2) is 11.7. The van der Waals surface area contributed by atoms with Crippen molar-refractivity contribution in [3.63, 3.8) is 0 Å². The van der Waals surface area contributed by atoms with E-state index in [9.17, 15) is 10.1 Å². The van der Waals surface area contributed by atoms with Crippen LogP contribution in [-0.4, -0.2) is 24.6 Å². The Hall–Kier alpha value is -2.49. The Morgan fingerprint density at radius 2 is 1.72 bits per heavy atom. The smallest absolute Gasteiger partial charge is 0.280 e. The second-order valence-electron chi connectivity index (χ2n) is 10.9. The lowest BCUT2D eigenvalue weighted by Gasteiger charge is -2.46. The van der Waals surface area contributed by atoms with E-state index in [0.29, 0.717) is 5.41 Å². The van der Waals surface area contributed by atoms with Crippen molar-refractivity contribution >= 4 is 17.0 Å². The minimum atomic E-state index is -0.629. The lowest BCUT2D eigenvalue weighted by molar-refractivity contribution is -0.00701. The summed E-state index contributed by atoms with van der Waals surface area (Å²) < 4.78 is 12.0. The van der Waals surface area contributed by atoms with Crippen LogP contribution in [0, 0.1) is 22.7 Å². The molecule has 5 rings (SSSR count). The van der Waals surface area contributed by atoms with Crippen LogP contribution in [0.5, 0.6) is 5.75 Å². The van der Waals surface area contributed by atoms with Crippen molar-refractivity contribution in [1.29, 1.82) is 5.26 Å². The molecule has 192 valence electrons. The molecule has 6 heteroatoms. The summed E-state index contributed by atoms with van der Waals surface area (Å²) in [6, 6.07) is 19.6. The lowest BCUT2D eigenvalue weighted by Crippen LogP contribution is -2.42. The van der Waals surface area contributed by atoms with Crippen LogP contribution in [0.3, 0.4) is 0 Å². The Kier molecular flexibility index (Phi) is 8.64. The van der Waals surface area contributed by atoms with Crippen LogP contribution in [0.2, 0.25) is 0 Å². The van der Waals surface area contributed by atoms with Crippen LogP contribution in [0.4, 0.5) is 4.79 Å². The molecule has 36 heavy (non-hydrogen) atoms. The first-order valence-corrected chi connectivity index (χ1v) is 13.9. The SMILES string of the molecule is COC(C)(C)[C@H](NC(=O)S[C@@H](CC#N)c1ccccc1)c1ccc(OCC23CCC(CC2)CC3)cc1. The molecular formula is C30H38N2O3S. The van der Waals surface area contributed by atoms with E-state index in [1.807, 2.05) is 68.4 Å². The van der Waals surface area contributed by atoms with E-state index in [-0.39, 0.29) is 23.0 Å². The molecule has 2 aromatic rings. The zero-order valence-corrected chi connectivity index (χ0v) is 22.5. The van der Waals surface area contributed by atoms with Crippen molar-refractivity contribution in [2.75, 3.05) is 13.7 Å². The molecule has 0 heterocycles. The predicted molar refractivity (Wildman–Crippen MR) is 145 cm³/mol. The van der Waals surface area contributed by atoms with Gasteiger partial charge < -0.3 is 14.8 Å². The van der Waals surface area contributed by atoms with Gasteiger partial charge in [-0.2, -0.15) is 5.26 Å². The monoisotopic (exact) mass is 506 g/mol. The maximum atomic E-state index is 13.1. The van der Waals surface area contributed by atoms with Gasteiger partial charge in [0.15, 0.2) is 0 Å². The normalized spacial score (nSPS) is 22.9. The first-order chi connectivity index (χ1) is 17.3. The van der Waals surface area contributed by atoms with Crippen LogP contribution in [-0.2, 0) is 4.74 Å². The van der Waals surface area contributed by atoms with Crippen molar-refractivity contribution in [1.82, 2.24) is 5.32 Å². The Bertz CT molecular complexity index is 1030. The average Bonchev–Trinajstić information content (AvgIpc) is 2.92. The fourth-order valence-corrected chi connectivity index (χ4v) is 6.48. The molecule has 0 spiro atoms. The van der Waals surface area contributed by atoms with Gasteiger partial charge in [0.2, 0.25) is 0 Å². The van der Waals surface area contributed by atoms with E-state index in [1.165, 1.54) is 38.5 Å². The second-order valence-corrected chi connectivity index (χ2v) is 12.1. The van der Waals surface area contributed by atoms with Gasteiger partial charge >= 0.3 is 0 Å². The van der Waals surface area contributed by atoms with Crippen LogP contribution in [0.25, 0.3) is 0 Å². The van der Waals surface area contributed by atoms with Gasteiger partial charge in [0, 0.05) is 12.5 Å². The highest BCUT2D eigenvalue weighted by molar-refractivity contribution is 8.13. The number of rotatable bonds is 10. The van der Waals surface area contributed by atoms with Crippen molar-refractivity contribution in [2.24, 2.45) is 11.3 Å². The average molecular weight is 507 g/mol. The number of fused-ring (bicyclic) bond motifs is 3. The summed E-state index contributed by atoms with van der Waals surface area (Å²) >= 11 is 1.15. The third-order valence-corrected chi connectivity index (χ3v) is 9.24. The summed E-state index contributed by atoms with van der Waals surface area (Å²) in [7, 11) is 1.66. The number of thioether (sulfide) groups is 1. The molecule has 3 fully saturated rings. The van der Waals surface area contributed by atoms with Crippen molar-refractivity contribution in [3.8, 4) is 11.8 Å². The fraction of sp³-hybridized carbons (Fsp3) is 0.533. The van der Waals surface area contributed by atoms with E-state index < -0.39 is 5.60 Å². The first kappa shape index (κ1) is 26.6. The largest absolute Gasteiger partial charge is 0.493 e. The van der Waals surface area contributed by atoms with Gasteiger partial charge in [0.25, 0.3) is 5.24 Å². The maximum absolute atomic E-state index is 13.1. The summed E-state index contributed by atoms with van der Waals surface area (Å²) in [5, 5.41) is 12.0. The molecule has 1 amide bonds. The van der Waals surface area contributed by atoms with Crippen molar-refractivity contribution in [3.05, 3.63) is 65.7 Å². The van der Waals surface area contributed by atoms with Crippen LogP contribution in [0.1, 0.15) is 81.2 Å². The molecule has 3 aliphatic rings. The highest BCUT2D eigenvalue weighted by atomic mass is 32.2. The lowest BCUT2D eigenvalue weighted by atomic mass is 9.61. The summed E-state index contributed by atoms with van der Waals surface area (Å²) in [6.45, 7) is 4.73. The first-order valence-electron chi connectivity index (χ1n) is 13.0. The van der Waals surface area contributed by atoms with Crippen LogP contribution >= 0.6 is 11.8 Å². The number of ether oxygens (including phenoxy) is 2. The zero-order valence-electron chi connectivity index (χ0n) is 21.7. The number of carbonyl (C=O) groups is 1. The third kappa shape index (κ3) is 6.44. The molecule has 5 nitrogen and oxygen atoms in total. The molecular weight excluding hydrogens is 468 g/mol. The van der Waals surface area contributed by atoms with E-state index in [2.05, 4.69) is 11.4 Å². The molecule has 2 bridgehead atoms. The van der Waals surface area contributed by atoms with Gasteiger partial charge in [-0.25, -0.2) is 0 Å². The Labute approximate surface area is 219 Å². The van der Waals surface area contributed by atoms with E-state index in [0.717, 1.165) is 41.2 Å². The van der Waals surface area contributed by atoms with Crippen LogP contribution < -0.4 is 10.1 Å². The minimum absolute atomic E-state index is 0.179. The minimum Gasteiger partial charge on any atom is -0.493 e. The Morgan fingerprint density at radius 1 is 1.08 bits per heavy atom. The quantitative estimate of drug-likeness (QED) is 0.359. The molecule has 3 saturated carbocycles. The van der Waals surface area contributed by atoms with Crippen LogP contribution in [0.15, 0.2) is 54.6 Å². The van der Waals surface area contributed by atoms with E-state index >= 15 is 0 Å². The standard InChI is InChI=1S/C30H38N2O3S/c1-29(2,34-3)27(32-28(33)36-26(16-20-31)23-7-5-4-6-8-23)24-9-11-25(12-10-24)35-21-30-17-13-22(14-18-30)15-19-30/h4-12,22,26-27H,13-19,21H2,1-3H3,(H,32,33)/t22?,26-,27+,30?/m0/s1. The van der Waals surface area contributed by atoms with E-state index in [1.54, 1.807) is 7.11 Å². The van der Waals surface area contributed by atoms with Gasteiger partial charge in [-0.3, -0.25) is 4.79 Å². The van der Waals surface area contributed by atoms with Gasteiger partial charge in [0.1, 0.15) is 5.75 Å². The number of nitriles is 1. The van der Waals surface area contributed by atoms with Crippen molar-refractivity contribution in [2.45, 2.75) is 75.7 Å². The molecule has 0 aliphatic heterocycles. The van der Waals surface area contributed by atoms with Gasteiger partial charge in [-0.05, 0) is 81.5 Å². The highest BCUT2D eigenvalue weighted by Gasteiger charge is 2.41. The number of amides is 1. The van der Waals surface area contributed by atoms with Crippen molar-refractivity contribution < 1.29 is 14.3 Å². The molecule has 0 saturated heterocycles. The molecule has 0 unspecified atom stereocenters. The number of methoxy groups -OCH3 is 1. The highest BCUT2D eigenvalue weighted by Crippen LogP contribution is 2.50. The number of carbonyl (C=O) groups excluding carboxylic acids is 1. The van der Waals surface area contributed by atoms with E-state index in [4.69, 9.17) is 9.47 Å².